The molecule has 0 atom stereocenters. The molecule has 3 heteroatoms. The summed E-state index contributed by atoms with van der Waals surface area (Å²) in [4.78, 5) is 6.55. The minimum absolute atomic E-state index is 0.856. The zero-order valence-corrected chi connectivity index (χ0v) is 13.0. The number of nitrogens with one attached hydrogen (secondary N) is 1. The number of rotatable bonds is 8. The van der Waals surface area contributed by atoms with E-state index in [1.54, 1.807) is 6.20 Å². The van der Waals surface area contributed by atoms with Gasteiger partial charge in [-0.05, 0) is 35.8 Å². The van der Waals surface area contributed by atoms with Crippen molar-refractivity contribution in [2.75, 3.05) is 13.1 Å². The topological polar surface area (TPSA) is 28.2 Å². The first-order chi connectivity index (χ1) is 10.3. The number of hydrogen-bond acceptors (Lipinski definition) is 3. The molecular weight excluding hydrogens is 258 g/mol. The average Bonchev–Trinajstić information content (AvgIpc) is 2.55. The molecule has 2 rings (SSSR count). The highest BCUT2D eigenvalue weighted by Crippen LogP contribution is 2.08. The van der Waals surface area contributed by atoms with E-state index in [0.717, 1.165) is 32.7 Å². The highest BCUT2D eigenvalue weighted by molar-refractivity contribution is 5.22. The van der Waals surface area contributed by atoms with Crippen LogP contribution in [-0.4, -0.2) is 23.0 Å². The van der Waals surface area contributed by atoms with Gasteiger partial charge in [0.15, 0.2) is 0 Å². The number of pyridine rings is 1. The Labute approximate surface area is 128 Å². The van der Waals surface area contributed by atoms with E-state index >= 15 is 0 Å². The lowest BCUT2D eigenvalue weighted by Crippen LogP contribution is -2.22. The van der Waals surface area contributed by atoms with E-state index in [4.69, 9.17) is 0 Å². The van der Waals surface area contributed by atoms with Crippen molar-refractivity contribution in [3.8, 4) is 0 Å². The fourth-order valence-electron chi connectivity index (χ4n) is 2.32. The minimum atomic E-state index is 0.856. The molecule has 0 spiro atoms. The van der Waals surface area contributed by atoms with Crippen LogP contribution in [0.2, 0.25) is 0 Å². The second kappa shape index (κ2) is 8.55. The molecule has 1 N–H and O–H groups in total. The molecule has 0 amide bonds. The van der Waals surface area contributed by atoms with Crippen LogP contribution in [0, 0.1) is 0 Å². The van der Waals surface area contributed by atoms with Crippen molar-refractivity contribution in [1.82, 2.24) is 15.2 Å². The van der Waals surface area contributed by atoms with Crippen molar-refractivity contribution >= 4 is 0 Å². The Balaban J connectivity index is 1.79. The summed E-state index contributed by atoms with van der Waals surface area (Å²) in [7, 11) is 0. The van der Waals surface area contributed by atoms with Gasteiger partial charge in [-0.15, -0.1) is 0 Å². The van der Waals surface area contributed by atoms with Crippen LogP contribution < -0.4 is 5.32 Å². The zero-order valence-electron chi connectivity index (χ0n) is 13.0. The van der Waals surface area contributed by atoms with Crippen LogP contribution in [0.3, 0.4) is 0 Å². The van der Waals surface area contributed by atoms with Crippen LogP contribution in [0.25, 0.3) is 0 Å². The van der Waals surface area contributed by atoms with E-state index in [-0.39, 0.29) is 0 Å². The highest BCUT2D eigenvalue weighted by Gasteiger charge is 2.01. The Morgan fingerprint density at radius 2 is 1.57 bits per heavy atom. The quantitative estimate of drug-likeness (QED) is 0.806. The summed E-state index contributed by atoms with van der Waals surface area (Å²) >= 11 is 0. The Kier molecular flexibility index (Phi) is 6.38. The van der Waals surface area contributed by atoms with Gasteiger partial charge in [0.1, 0.15) is 0 Å². The largest absolute Gasteiger partial charge is 0.309 e. The van der Waals surface area contributed by atoms with Crippen LogP contribution in [0.5, 0.6) is 0 Å². The Hall–Kier alpha value is -1.71. The normalized spacial score (nSPS) is 11.0. The molecule has 0 radical (unpaired) electrons. The third-order valence-corrected chi connectivity index (χ3v) is 3.70. The van der Waals surface area contributed by atoms with Gasteiger partial charge in [-0.25, -0.2) is 0 Å². The highest BCUT2D eigenvalue weighted by atomic mass is 15.1. The van der Waals surface area contributed by atoms with Gasteiger partial charge in [0.25, 0.3) is 0 Å². The van der Waals surface area contributed by atoms with Crippen molar-refractivity contribution in [1.29, 1.82) is 0 Å². The fourth-order valence-corrected chi connectivity index (χ4v) is 2.32. The Morgan fingerprint density at radius 3 is 2.19 bits per heavy atom. The lowest BCUT2D eigenvalue weighted by atomic mass is 10.1. The standard InChI is InChI=1S/C18H25N3/c1-3-21(4-2)15-17-9-7-16(8-10-17)12-20-14-18-6-5-11-19-13-18/h5-11,13,20H,3-4,12,14-15H2,1-2H3. The minimum Gasteiger partial charge on any atom is -0.309 e. The van der Waals surface area contributed by atoms with Crippen LogP contribution in [0.4, 0.5) is 0 Å². The maximum atomic E-state index is 4.12. The van der Waals surface area contributed by atoms with Crippen LogP contribution >= 0.6 is 0 Å². The van der Waals surface area contributed by atoms with E-state index in [9.17, 15) is 0 Å². The van der Waals surface area contributed by atoms with Crippen LogP contribution in [0.15, 0.2) is 48.8 Å². The van der Waals surface area contributed by atoms with Gasteiger partial charge in [-0.3, -0.25) is 9.88 Å². The summed E-state index contributed by atoms with van der Waals surface area (Å²) in [5.74, 6) is 0. The third-order valence-electron chi connectivity index (χ3n) is 3.70. The second-order valence-electron chi connectivity index (χ2n) is 5.24. The Bertz CT molecular complexity index is 504. The molecular formula is C18H25N3. The molecule has 1 heterocycles. The fraction of sp³-hybridized carbons (Fsp3) is 0.389. The summed E-state index contributed by atoms with van der Waals surface area (Å²) in [6, 6.07) is 13.0. The molecule has 0 saturated carbocycles. The maximum absolute atomic E-state index is 4.12. The number of hydrogen-bond donors (Lipinski definition) is 1. The summed E-state index contributed by atoms with van der Waals surface area (Å²) in [5, 5.41) is 3.45. The summed E-state index contributed by atoms with van der Waals surface area (Å²) < 4.78 is 0. The monoisotopic (exact) mass is 283 g/mol. The average molecular weight is 283 g/mol. The van der Waals surface area contributed by atoms with Crippen LogP contribution in [0.1, 0.15) is 30.5 Å². The maximum Gasteiger partial charge on any atom is 0.0312 e. The molecule has 1 aromatic heterocycles. The van der Waals surface area contributed by atoms with Crippen molar-refractivity contribution in [3.05, 3.63) is 65.5 Å². The summed E-state index contributed by atoms with van der Waals surface area (Å²) in [6.07, 6.45) is 3.71. The number of nitrogens with zero attached hydrogens (tertiary/aromatic N) is 2. The van der Waals surface area contributed by atoms with Gasteiger partial charge in [-0.2, -0.15) is 0 Å². The first-order valence-electron chi connectivity index (χ1n) is 7.71. The molecule has 21 heavy (non-hydrogen) atoms. The molecule has 2 aromatic rings. The predicted octanol–water partition coefficient (Wildman–Crippen LogP) is 3.21. The van der Waals surface area contributed by atoms with E-state index in [0.29, 0.717) is 0 Å². The lowest BCUT2D eigenvalue weighted by molar-refractivity contribution is 0.296. The van der Waals surface area contributed by atoms with Crippen molar-refractivity contribution in [2.45, 2.75) is 33.5 Å². The van der Waals surface area contributed by atoms with E-state index < -0.39 is 0 Å². The number of aromatic nitrogens is 1. The molecule has 1 aromatic carbocycles. The van der Waals surface area contributed by atoms with Gasteiger partial charge in [0.2, 0.25) is 0 Å². The molecule has 0 bridgehead atoms. The molecule has 0 aliphatic carbocycles. The first-order valence-corrected chi connectivity index (χ1v) is 7.71. The second-order valence-corrected chi connectivity index (χ2v) is 5.24. The van der Waals surface area contributed by atoms with E-state index in [2.05, 4.69) is 59.4 Å². The van der Waals surface area contributed by atoms with E-state index in [1.807, 2.05) is 12.3 Å². The van der Waals surface area contributed by atoms with Gasteiger partial charge in [0, 0.05) is 32.0 Å². The smallest absolute Gasteiger partial charge is 0.0312 e. The van der Waals surface area contributed by atoms with E-state index in [1.165, 1.54) is 16.7 Å². The predicted molar refractivity (Wildman–Crippen MR) is 87.8 cm³/mol. The molecule has 3 nitrogen and oxygen atoms in total. The molecule has 0 fully saturated rings. The first kappa shape index (κ1) is 15.7. The Morgan fingerprint density at radius 1 is 0.905 bits per heavy atom. The van der Waals surface area contributed by atoms with Gasteiger partial charge in [0.05, 0.1) is 0 Å². The van der Waals surface area contributed by atoms with Crippen molar-refractivity contribution in [2.24, 2.45) is 0 Å². The molecule has 0 saturated heterocycles. The van der Waals surface area contributed by atoms with Gasteiger partial charge in [-0.1, -0.05) is 44.2 Å². The van der Waals surface area contributed by atoms with Gasteiger partial charge >= 0.3 is 0 Å². The molecule has 0 aliphatic heterocycles. The zero-order chi connectivity index (χ0) is 14.9. The molecule has 112 valence electrons. The van der Waals surface area contributed by atoms with Crippen LogP contribution in [-0.2, 0) is 19.6 Å². The van der Waals surface area contributed by atoms with Gasteiger partial charge < -0.3 is 5.32 Å². The molecule has 0 aliphatic rings. The molecule has 0 unspecified atom stereocenters. The SMILES string of the molecule is CCN(CC)Cc1ccc(CNCc2cccnc2)cc1. The summed E-state index contributed by atoms with van der Waals surface area (Å²) in [5.41, 5.74) is 3.92. The number of benzene rings is 1. The lowest BCUT2D eigenvalue weighted by Gasteiger charge is -2.18. The van der Waals surface area contributed by atoms with Crippen molar-refractivity contribution in [3.63, 3.8) is 0 Å². The van der Waals surface area contributed by atoms with Crippen molar-refractivity contribution < 1.29 is 0 Å². The third kappa shape index (κ3) is 5.29. The summed E-state index contributed by atoms with van der Waals surface area (Å²) in [6.45, 7) is 9.40.